The van der Waals surface area contributed by atoms with Crippen molar-refractivity contribution in [1.82, 2.24) is 8.87 Å². The number of ether oxygens (including phenoxy) is 1. The van der Waals surface area contributed by atoms with Crippen molar-refractivity contribution in [2.24, 2.45) is 17.1 Å². The first-order valence-electron chi connectivity index (χ1n) is 11.9. The number of rotatable bonds is 8. The Bertz CT molecular complexity index is 1260. The molecule has 0 amide bonds. The van der Waals surface area contributed by atoms with Crippen molar-refractivity contribution in [3.8, 4) is 0 Å². The van der Waals surface area contributed by atoms with Gasteiger partial charge in [-0.15, -0.1) is 0 Å². The van der Waals surface area contributed by atoms with E-state index in [1.54, 1.807) is 18.2 Å². The monoisotopic (exact) mass is 489 g/mol. The van der Waals surface area contributed by atoms with E-state index in [0.29, 0.717) is 24.3 Å². The zero-order valence-electron chi connectivity index (χ0n) is 20.4. The maximum atomic E-state index is 13.6. The summed E-state index contributed by atoms with van der Waals surface area (Å²) in [5.41, 5.74) is 5.14. The number of nitrogens with zero attached hydrogens (tertiary/aromatic N) is 2. The molecule has 1 aromatic carbocycles. The molecule has 1 aromatic heterocycles. The van der Waals surface area contributed by atoms with Crippen molar-refractivity contribution in [1.29, 1.82) is 0 Å². The van der Waals surface area contributed by atoms with Gasteiger partial charge in [-0.2, -0.15) is 4.31 Å². The normalized spacial score (nSPS) is 20.4. The highest BCUT2D eigenvalue weighted by atomic mass is 32.2. The first kappa shape index (κ1) is 24.9. The lowest BCUT2D eigenvalue weighted by Gasteiger charge is -2.26. The largest absolute Gasteiger partial charge is 0.444 e. The van der Waals surface area contributed by atoms with Gasteiger partial charge in [-0.25, -0.2) is 8.42 Å². The van der Waals surface area contributed by atoms with Gasteiger partial charge in [0, 0.05) is 29.6 Å². The van der Waals surface area contributed by atoms with Crippen LogP contribution in [0, 0.1) is 11.3 Å². The second-order valence-corrected chi connectivity index (χ2v) is 12.8. The van der Waals surface area contributed by atoms with Crippen molar-refractivity contribution in [3.05, 3.63) is 40.8 Å². The Kier molecular flexibility index (Phi) is 6.42. The number of nitrogens with two attached hydrogens (primary N) is 1. The Morgan fingerprint density at radius 3 is 2.59 bits per heavy atom. The molecule has 1 aliphatic carbocycles. The third-order valence-corrected chi connectivity index (χ3v) is 9.13. The molecule has 34 heavy (non-hydrogen) atoms. The van der Waals surface area contributed by atoms with Gasteiger partial charge in [0.1, 0.15) is 0 Å². The van der Waals surface area contributed by atoms with Gasteiger partial charge >= 0.3 is 5.97 Å². The molecule has 1 unspecified atom stereocenters. The van der Waals surface area contributed by atoms with Crippen molar-refractivity contribution >= 4 is 26.8 Å². The second-order valence-electron chi connectivity index (χ2n) is 11.0. The minimum Gasteiger partial charge on any atom is -0.444 e. The molecule has 1 spiro atoms. The lowest BCUT2D eigenvalue weighted by molar-refractivity contribution is -0.150. The molecular formula is C25H35N3O5S. The SMILES string of the molecule is CC(C)CC(C)(C)CC(=O)OCn1ccc2c(S(=O)(=O)N3CCC(N)C34CC4)cccc2c1=O. The van der Waals surface area contributed by atoms with Gasteiger partial charge < -0.3 is 10.5 Å². The quantitative estimate of drug-likeness (QED) is 0.570. The number of esters is 1. The van der Waals surface area contributed by atoms with E-state index < -0.39 is 21.1 Å². The van der Waals surface area contributed by atoms with Gasteiger partial charge in [-0.1, -0.05) is 33.8 Å². The number of hydrogen-bond donors (Lipinski definition) is 1. The first-order valence-corrected chi connectivity index (χ1v) is 13.4. The van der Waals surface area contributed by atoms with Crippen LogP contribution in [0.3, 0.4) is 0 Å². The van der Waals surface area contributed by atoms with Gasteiger partial charge in [0.2, 0.25) is 10.0 Å². The highest BCUT2D eigenvalue weighted by Crippen LogP contribution is 2.51. The van der Waals surface area contributed by atoms with Crippen LogP contribution in [-0.4, -0.2) is 41.4 Å². The lowest BCUT2D eigenvalue weighted by Crippen LogP contribution is -2.44. The van der Waals surface area contributed by atoms with Crippen LogP contribution in [0.15, 0.2) is 40.2 Å². The number of carbonyl (C=O) groups excluding carboxylic acids is 1. The fourth-order valence-electron chi connectivity index (χ4n) is 5.54. The number of fused-ring (bicyclic) bond motifs is 1. The zero-order valence-corrected chi connectivity index (χ0v) is 21.2. The minimum absolute atomic E-state index is 0.113. The summed E-state index contributed by atoms with van der Waals surface area (Å²) in [7, 11) is -3.81. The Labute approximate surface area is 201 Å². The summed E-state index contributed by atoms with van der Waals surface area (Å²) >= 11 is 0. The zero-order chi connectivity index (χ0) is 24.9. The Hall–Kier alpha value is -2.23. The molecular weight excluding hydrogens is 454 g/mol. The molecule has 8 nitrogen and oxygen atoms in total. The molecule has 1 atom stereocenters. The summed E-state index contributed by atoms with van der Waals surface area (Å²) in [6, 6.07) is 6.17. The third-order valence-electron chi connectivity index (χ3n) is 7.09. The number of pyridine rings is 1. The molecule has 1 saturated carbocycles. The summed E-state index contributed by atoms with van der Waals surface area (Å²) in [5, 5.41) is 0.637. The topological polar surface area (TPSA) is 112 Å². The molecule has 9 heteroatoms. The van der Waals surface area contributed by atoms with Crippen molar-refractivity contribution in [2.75, 3.05) is 6.54 Å². The van der Waals surface area contributed by atoms with Gasteiger partial charge in [0.15, 0.2) is 6.73 Å². The van der Waals surface area contributed by atoms with Gasteiger partial charge in [-0.05, 0) is 55.2 Å². The standard InChI is InChI=1S/C25H35N3O5S/c1-17(2)14-24(3,4)15-22(29)33-16-27-12-8-18-19(23(27)30)6-5-7-20(18)34(31,32)28-13-9-21(26)25(28)10-11-25/h5-8,12,17,21H,9-11,13-16,26H2,1-4H3. The van der Waals surface area contributed by atoms with Crippen molar-refractivity contribution in [2.45, 2.75) is 83.0 Å². The highest BCUT2D eigenvalue weighted by molar-refractivity contribution is 7.89. The highest BCUT2D eigenvalue weighted by Gasteiger charge is 2.60. The van der Waals surface area contributed by atoms with Crippen LogP contribution in [-0.2, 0) is 26.3 Å². The molecule has 1 saturated heterocycles. The van der Waals surface area contributed by atoms with E-state index in [1.165, 1.54) is 21.1 Å². The van der Waals surface area contributed by atoms with Crippen LogP contribution < -0.4 is 11.3 Å². The van der Waals surface area contributed by atoms with Crippen molar-refractivity contribution < 1.29 is 17.9 Å². The smallest absolute Gasteiger partial charge is 0.308 e. The fraction of sp³-hybridized carbons (Fsp3) is 0.600. The molecule has 2 fully saturated rings. The number of sulfonamides is 1. The van der Waals surface area contributed by atoms with E-state index in [4.69, 9.17) is 10.5 Å². The molecule has 2 aromatic rings. The van der Waals surface area contributed by atoms with Crippen LogP contribution in [0.4, 0.5) is 0 Å². The number of hydrogen-bond acceptors (Lipinski definition) is 6. The van der Waals surface area contributed by atoms with Gasteiger partial charge in [-0.3, -0.25) is 14.2 Å². The number of aromatic nitrogens is 1. The predicted octanol–water partition coefficient (Wildman–Crippen LogP) is 3.22. The van der Waals surface area contributed by atoms with E-state index in [-0.39, 0.29) is 40.9 Å². The Balaban J connectivity index is 1.57. The maximum absolute atomic E-state index is 13.6. The Morgan fingerprint density at radius 2 is 1.94 bits per heavy atom. The summed E-state index contributed by atoms with van der Waals surface area (Å²) in [6.45, 7) is 8.44. The van der Waals surface area contributed by atoms with Gasteiger partial charge in [0.25, 0.3) is 5.56 Å². The van der Waals surface area contributed by atoms with Gasteiger partial charge in [0.05, 0.1) is 16.9 Å². The van der Waals surface area contributed by atoms with E-state index >= 15 is 0 Å². The molecule has 2 aliphatic rings. The molecule has 2 heterocycles. The summed E-state index contributed by atoms with van der Waals surface area (Å²) < 4.78 is 35.3. The third kappa shape index (κ3) is 4.53. The average molecular weight is 490 g/mol. The summed E-state index contributed by atoms with van der Waals surface area (Å²) in [6.07, 6.45) is 4.80. The lowest BCUT2D eigenvalue weighted by atomic mass is 9.81. The molecule has 1 aliphatic heterocycles. The van der Waals surface area contributed by atoms with E-state index in [9.17, 15) is 18.0 Å². The Morgan fingerprint density at radius 1 is 1.24 bits per heavy atom. The second kappa shape index (κ2) is 8.77. The van der Waals surface area contributed by atoms with Crippen LogP contribution in [0.25, 0.3) is 10.8 Å². The number of carbonyl (C=O) groups is 1. The fourth-order valence-corrected chi connectivity index (χ4v) is 7.62. The van der Waals surface area contributed by atoms with Crippen LogP contribution in [0.2, 0.25) is 0 Å². The van der Waals surface area contributed by atoms with E-state index in [2.05, 4.69) is 13.8 Å². The molecule has 2 N–H and O–H groups in total. The molecule has 0 bridgehead atoms. The first-order chi connectivity index (χ1) is 15.9. The molecule has 186 valence electrons. The van der Waals surface area contributed by atoms with Crippen LogP contribution >= 0.6 is 0 Å². The maximum Gasteiger partial charge on any atom is 0.308 e. The van der Waals surface area contributed by atoms with Crippen LogP contribution in [0.1, 0.15) is 59.8 Å². The molecule has 4 rings (SSSR count). The summed E-state index contributed by atoms with van der Waals surface area (Å²) in [4.78, 5) is 25.6. The van der Waals surface area contributed by atoms with Crippen LogP contribution in [0.5, 0.6) is 0 Å². The average Bonchev–Trinajstić information content (AvgIpc) is 3.45. The minimum atomic E-state index is -3.81. The van der Waals surface area contributed by atoms with Crippen molar-refractivity contribution in [3.63, 3.8) is 0 Å². The summed E-state index contributed by atoms with van der Waals surface area (Å²) in [5.74, 6) is 0.0940. The van der Waals surface area contributed by atoms with E-state index in [1.807, 2.05) is 13.8 Å². The molecule has 0 radical (unpaired) electrons. The predicted molar refractivity (Wildman–Crippen MR) is 131 cm³/mol. The van der Waals surface area contributed by atoms with E-state index in [0.717, 1.165) is 19.3 Å². The number of benzene rings is 1.